The molecular weight excluding hydrogens is 340 g/mol. The second-order valence-corrected chi connectivity index (χ2v) is 6.39. The maximum absolute atomic E-state index is 12.5. The number of aromatic nitrogens is 3. The second kappa shape index (κ2) is 7.79. The maximum Gasteiger partial charge on any atom is 0.224 e. The fourth-order valence-electron chi connectivity index (χ4n) is 2.90. The van der Waals surface area contributed by atoms with E-state index in [1.807, 2.05) is 40.7 Å². The topological polar surface area (TPSA) is 72.4 Å². The molecule has 134 valence electrons. The van der Waals surface area contributed by atoms with Gasteiger partial charge in [0, 0.05) is 31.6 Å². The molecule has 1 N–H and O–H groups in total. The minimum atomic E-state index is 0.0867. The van der Waals surface area contributed by atoms with Crippen molar-refractivity contribution in [3.8, 4) is 17.1 Å². The van der Waals surface area contributed by atoms with Gasteiger partial charge in [-0.3, -0.25) is 14.5 Å². The Morgan fingerprint density at radius 3 is 2.88 bits per heavy atom. The van der Waals surface area contributed by atoms with Gasteiger partial charge in [-0.05, 0) is 43.4 Å². The van der Waals surface area contributed by atoms with Crippen LogP contribution in [0.25, 0.3) is 11.4 Å². The van der Waals surface area contributed by atoms with Gasteiger partial charge < -0.3 is 14.4 Å². The van der Waals surface area contributed by atoms with Crippen molar-refractivity contribution in [1.29, 1.82) is 0 Å². The van der Waals surface area contributed by atoms with E-state index < -0.39 is 0 Å². The molecule has 0 saturated carbocycles. The number of nitrogens with one attached hydrogen (secondary N) is 1. The van der Waals surface area contributed by atoms with Crippen LogP contribution in [0, 0.1) is 4.77 Å². The quantitative estimate of drug-likeness (QED) is 0.826. The molecule has 1 atom stereocenters. The Kier molecular flexibility index (Phi) is 5.50. The molecule has 0 spiro atoms. The Bertz CT molecular complexity index is 784. The second-order valence-electron chi connectivity index (χ2n) is 6.00. The van der Waals surface area contributed by atoms with E-state index >= 15 is 0 Å². The lowest BCUT2D eigenvalue weighted by Gasteiger charge is -2.31. The number of aromatic amines is 1. The van der Waals surface area contributed by atoms with Gasteiger partial charge in [0.05, 0.1) is 19.8 Å². The van der Waals surface area contributed by atoms with Crippen molar-refractivity contribution >= 4 is 18.1 Å². The molecule has 1 amide bonds. The van der Waals surface area contributed by atoms with Gasteiger partial charge in [0.1, 0.15) is 5.75 Å². The van der Waals surface area contributed by atoms with Gasteiger partial charge >= 0.3 is 0 Å². The van der Waals surface area contributed by atoms with E-state index in [1.54, 1.807) is 7.11 Å². The van der Waals surface area contributed by atoms with Crippen LogP contribution in [0.15, 0.2) is 24.3 Å². The molecule has 3 rings (SSSR count). The number of benzene rings is 1. The first-order valence-corrected chi connectivity index (χ1v) is 8.68. The zero-order valence-electron chi connectivity index (χ0n) is 14.4. The average Bonchev–Trinajstić information content (AvgIpc) is 3.00. The number of rotatable bonds is 5. The van der Waals surface area contributed by atoms with Crippen molar-refractivity contribution in [3.05, 3.63) is 29.0 Å². The van der Waals surface area contributed by atoms with Gasteiger partial charge in [0.15, 0.2) is 10.6 Å². The van der Waals surface area contributed by atoms with Gasteiger partial charge in [0.2, 0.25) is 5.91 Å². The molecule has 1 saturated heterocycles. The van der Waals surface area contributed by atoms with Crippen LogP contribution in [-0.4, -0.2) is 58.5 Å². The van der Waals surface area contributed by atoms with Crippen LogP contribution in [0.3, 0.4) is 0 Å². The summed E-state index contributed by atoms with van der Waals surface area (Å²) in [7, 11) is 1.63. The maximum atomic E-state index is 12.5. The van der Waals surface area contributed by atoms with Crippen LogP contribution in [0.1, 0.15) is 13.3 Å². The molecule has 0 radical (unpaired) electrons. The molecule has 1 aliphatic rings. The van der Waals surface area contributed by atoms with Gasteiger partial charge in [0.25, 0.3) is 0 Å². The van der Waals surface area contributed by atoms with E-state index in [2.05, 4.69) is 10.2 Å². The van der Waals surface area contributed by atoms with Gasteiger partial charge in [-0.1, -0.05) is 0 Å². The van der Waals surface area contributed by atoms with E-state index in [1.165, 1.54) is 0 Å². The number of hydrogen-bond acceptors (Lipinski definition) is 5. The van der Waals surface area contributed by atoms with Crippen LogP contribution in [0.5, 0.6) is 5.75 Å². The highest BCUT2D eigenvalue weighted by Gasteiger charge is 2.21. The highest BCUT2D eigenvalue weighted by molar-refractivity contribution is 7.71. The largest absolute Gasteiger partial charge is 0.497 e. The van der Waals surface area contributed by atoms with Crippen molar-refractivity contribution in [2.45, 2.75) is 26.0 Å². The summed E-state index contributed by atoms with van der Waals surface area (Å²) < 4.78 is 13.0. The predicted molar refractivity (Wildman–Crippen MR) is 96.0 cm³/mol. The third kappa shape index (κ3) is 4.08. The zero-order valence-corrected chi connectivity index (χ0v) is 15.2. The Labute approximate surface area is 151 Å². The fraction of sp³-hybridized carbons (Fsp3) is 0.471. The van der Waals surface area contributed by atoms with Gasteiger partial charge in [-0.2, -0.15) is 5.10 Å². The summed E-state index contributed by atoms with van der Waals surface area (Å²) in [6, 6.07) is 7.59. The van der Waals surface area contributed by atoms with Crippen LogP contribution in [0.4, 0.5) is 0 Å². The van der Waals surface area contributed by atoms with Gasteiger partial charge in [-0.15, -0.1) is 0 Å². The van der Waals surface area contributed by atoms with Crippen molar-refractivity contribution in [2.75, 3.05) is 26.8 Å². The highest BCUT2D eigenvalue weighted by atomic mass is 32.1. The van der Waals surface area contributed by atoms with Crippen LogP contribution < -0.4 is 4.74 Å². The molecule has 8 heteroatoms. The Balaban J connectivity index is 1.71. The summed E-state index contributed by atoms with van der Waals surface area (Å²) in [5.41, 5.74) is 0.917. The van der Waals surface area contributed by atoms with Crippen molar-refractivity contribution in [2.24, 2.45) is 0 Å². The standard InChI is InChI=1S/C17H22N4O3S/c1-12-11-20(9-10-24-12)15(22)7-8-21-16(18-19-17(21)25)13-3-5-14(23-2)6-4-13/h3-6,12H,7-11H2,1-2H3,(H,19,25). The normalized spacial score (nSPS) is 17.5. The first kappa shape index (κ1) is 17.6. The number of carbonyl (C=O) groups excluding carboxylic acids is 1. The lowest BCUT2D eigenvalue weighted by atomic mass is 10.2. The monoisotopic (exact) mass is 362 g/mol. The van der Waals surface area contributed by atoms with Crippen LogP contribution >= 0.6 is 12.2 Å². The fourth-order valence-corrected chi connectivity index (χ4v) is 3.12. The molecule has 25 heavy (non-hydrogen) atoms. The minimum Gasteiger partial charge on any atom is -0.497 e. The molecule has 7 nitrogen and oxygen atoms in total. The number of morpholine rings is 1. The molecule has 0 aliphatic carbocycles. The van der Waals surface area contributed by atoms with E-state index in [0.29, 0.717) is 37.4 Å². The summed E-state index contributed by atoms with van der Waals surface area (Å²) >= 11 is 5.32. The molecule has 1 aromatic carbocycles. The third-order valence-corrected chi connectivity index (χ3v) is 4.56. The average molecular weight is 362 g/mol. The van der Waals surface area contributed by atoms with E-state index in [-0.39, 0.29) is 12.0 Å². The zero-order chi connectivity index (χ0) is 17.8. The van der Waals surface area contributed by atoms with E-state index in [4.69, 9.17) is 21.7 Å². The number of ether oxygens (including phenoxy) is 2. The Morgan fingerprint density at radius 2 is 2.20 bits per heavy atom. The smallest absolute Gasteiger partial charge is 0.224 e. The van der Waals surface area contributed by atoms with E-state index in [0.717, 1.165) is 17.1 Å². The third-order valence-electron chi connectivity index (χ3n) is 4.25. The summed E-state index contributed by atoms with van der Waals surface area (Å²) in [6.07, 6.45) is 0.465. The number of nitrogens with zero attached hydrogens (tertiary/aromatic N) is 3. The first-order valence-electron chi connectivity index (χ1n) is 8.27. The van der Waals surface area contributed by atoms with Crippen molar-refractivity contribution < 1.29 is 14.3 Å². The number of H-pyrrole nitrogens is 1. The number of amides is 1. The molecule has 1 fully saturated rings. The van der Waals surface area contributed by atoms with E-state index in [9.17, 15) is 4.79 Å². The Hall–Kier alpha value is -2.19. The number of hydrogen-bond donors (Lipinski definition) is 1. The minimum absolute atomic E-state index is 0.0867. The lowest BCUT2D eigenvalue weighted by Crippen LogP contribution is -2.44. The molecule has 1 unspecified atom stereocenters. The lowest BCUT2D eigenvalue weighted by molar-refractivity contribution is -0.138. The number of methoxy groups -OCH3 is 1. The summed E-state index contributed by atoms with van der Waals surface area (Å²) in [5, 5.41) is 7.12. The predicted octanol–water partition coefficient (Wildman–Crippen LogP) is 2.25. The molecule has 1 aromatic heterocycles. The molecule has 2 heterocycles. The van der Waals surface area contributed by atoms with Crippen molar-refractivity contribution in [3.63, 3.8) is 0 Å². The summed E-state index contributed by atoms with van der Waals surface area (Å²) in [5.74, 6) is 1.61. The summed E-state index contributed by atoms with van der Waals surface area (Å²) in [4.78, 5) is 14.3. The SMILES string of the molecule is COc1ccc(-c2n[nH]c(=S)n2CCC(=O)N2CCOC(C)C2)cc1. The Morgan fingerprint density at radius 1 is 1.44 bits per heavy atom. The van der Waals surface area contributed by atoms with Crippen LogP contribution in [-0.2, 0) is 16.1 Å². The molecule has 1 aliphatic heterocycles. The first-order chi connectivity index (χ1) is 12.1. The van der Waals surface area contributed by atoms with Crippen molar-refractivity contribution in [1.82, 2.24) is 19.7 Å². The number of carbonyl (C=O) groups is 1. The van der Waals surface area contributed by atoms with Gasteiger partial charge in [-0.25, -0.2) is 0 Å². The summed E-state index contributed by atoms with van der Waals surface area (Å²) in [6.45, 7) is 4.34. The molecule has 2 aromatic rings. The van der Waals surface area contributed by atoms with Crippen LogP contribution in [0.2, 0.25) is 0 Å². The molecule has 0 bridgehead atoms. The highest BCUT2D eigenvalue weighted by Crippen LogP contribution is 2.21. The molecular formula is C17H22N4O3S.